The number of aromatic nitrogens is 2. The highest BCUT2D eigenvalue weighted by molar-refractivity contribution is 7.99. The van der Waals surface area contributed by atoms with Gasteiger partial charge in [0.2, 0.25) is 5.89 Å². The van der Waals surface area contributed by atoms with Crippen molar-refractivity contribution in [3.63, 3.8) is 0 Å². The summed E-state index contributed by atoms with van der Waals surface area (Å²) in [6, 6.07) is 21.2. The van der Waals surface area contributed by atoms with Gasteiger partial charge in [0.15, 0.2) is 5.78 Å². The Balaban J connectivity index is 1.31. The van der Waals surface area contributed by atoms with Gasteiger partial charge >= 0.3 is 6.61 Å². The highest BCUT2D eigenvalue weighted by atomic mass is 32.2. The molecule has 1 aromatic heterocycles. The van der Waals surface area contributed by atoms with Crippen LogP contribution in [0.1, 0.15) is 20.7 Å². The molecular formula is C24H17F2N3O4S. The van der Waals surface area contributed by atoms with Gasteiger partial charge < -0.3 is 14.5 Å². The van der Waals surface area contributed by atoms with Gasteiger partial charge in [0.25, 0.3) is 11.1 Å². The Morgan fingerprint density at radius 3 is 2.29 bits per heavy atom. The third-order valence-electron chi connectivity index (χ3n) is 4.56. The van der Waals surface area contributed by atoms with Crippen LogP contribution < -0.4 is 10.1 Å². The van der Waals surface area contributed by atoms with Crippen LogP contribution in [0.25, 0.3) is 11.5 Å². The van der Waals surface area contributed by atoms with Crippen LogP contribution in [0.2, 0.25) is 0 Å². The van der Waals surface area contributed by atoms with Crippen molar-refractivity contribution in [3.05, 3.63) is 90.0 Å². The van der Waals surface area contributed by atoms with Crippen molar-refractivity contribution in [1.82, 2.24) is 10.2 Å². The molecule has 0 saturated carbocycles. The molecule has 0 aliphatic heterocycles. The average molecular weight is 481 g/mol. The number of ketones is 1. The number of amides is 1. The molecule has 7 nitrogen and oxygen atoms in total. The van der Waals surface area contributed by atoms with E-state index in [0.29, 0.717) is 22.4 Å². The third kappa shape index (κ3) is 6.04. The fraction of sp³-hybridized carbons (Fsp3) is 0.0833. The van der Waals surface area contributed by atoms with Gasteiger partial charge in [-0.05, 0) is 60.7 Å². The maximum atomic E-state index is 12.5. The molecule has 4 rings (SSSR count). The van der Waals surface area contributed by atoms with E-state index in [1.54, 1.807) is 48.5 Å². The standard InChI is InChI=1S/C24H17F2N3O4S/c25-23(26)32-19-12-8-17(9-13-19)22-28-29-24(33-22)34-14-20(30)15-6-10-18(11-7-15)27-21(31)16-4-2-1-3-5-16/h1-13,23H,14H2,(H,27,31). The Bertz CT molecular complexity index is 1260. The number of thioether (sulfide) groups is 1. The van der Waals surface area contributed by atoms with Crippen molar-refractivity contribution >= 4 is 29.1 Å². The number of hydrogen-bond donors (Lipinski definition) is 1. The predicted molar refractivity (Wildman–Crippen MR) is 122 cm³/mol. The van der Waals surface area contributed by atoms with Gasteiger partial charge in [0.05, 0.1) is 5.75 Å². The lowest BCUT2D eigenvalue weighted by Crippen LogP contribution is -2.11. The number of benzene rings is 3. The van der Waals surface area contributed by atoms with E-state index in [4.69, 9.17) is 4.42 Å². The molecule has 0 atom stereocenters. The lowest BCUT2D eigenvalue weighted by molar-refractivity contribution is -0.0498. The molecule has 1 N–H and O–H groups in total. The molecule has 172 valence electrons. The fourth-order valence-electron chi connectivity index (χ4n) is 2.91. The molecular weight excluding hydrogens is 464 g/mol. The van der Waals surface area contributed by atoms with Crippen molar-refractivity contribution in [2.75, 3.05) is 11.1 Å². The Morgan fingerprint density at radius 2 is 1.62 bits per heavy atom. The highest BCUT2D eigenvalue weighted by Crippen LogP contribution is 2.26. The van der Waals surface area contributed by atoms with Gasteiger partial charge in [-0.2, -0.15) is 8.78 Å². The monoisotopic (exact) mass is 481 g/mol. The lowest BCUT2D eigenvalue weighted by Gasteiger charge is -2.06. The number of alkyl halides is 2. The second-order valence-electron chi connectivity index (χ2n) is 6.89. The zero-order chi connectivity index (χ0) is 23.9. The summed E-state index contributed by atoms with van der Waals surface area (Å²) in [5.41, 5.74) is 2.11. The van der Waals surface area contributed by atoms with Crippen molar-refractivity contribution in [2.45, 2.75) is 11.8 Å². The minimum absolute atomic E-state index is 0.0177. The molecule has 34 heavy (non-hydrogen) atoms. The van der Waals surface area contributed by atoms with Crippen LogP contribution in [-0.4, -0.2) is 34.3 Å². The number of hydrogen-bond acceptors (Lipinski definition) is 7. The highest BCUT2D eigenvalue weighted by Gasteiger charge is 2.14. The van der Waals surface area contributed by atoms with Crippen LogP contribution in [-0.2, 0) is 0 Å². The van der Waals surface area contributed by atoms with Gasteiger partial charge in [-0.25, -0.2) is 0 Å². The summed E-state index contributed by atoms with van der Waals surface area (Å²) in [6.45, 7) is -2.90. The van der Waals surface area contributed by atoms with Gasteiger partial charge in [0.1, 0.15) is 5.75 Å². The Hall–Kier alpha value is -4.05. The number of ether oxygens (including phenoxy) is 1. The van der Waals surface area contributed by atoms with E-state index in [9.17, 15) is 18.4 Å². The lowest BCUT2D eigenvalue weighted by atomic mass is 10.1. The van der Waals surface area contributed by atoms with Crippen molar-refractivity contribution < 1.29 is 27.5 Å². The summed E-state index contributed by atoms with van der Waals surface area (Å²) in [4.78, 5) is 24.7. The van der Waals surface area contributed by atoms with E-state index in [0.717, 1.165) is 11.8 Å². The smallest absolute Gasteiger partial charge is 0.387 e. The first kappa shape index (κ1) is 23.1. The first-order chi connectivity index (χ1) is 16.5. The van der Waals surface area contributed by atoms with Crippen LogP contribution in [0, 0.1) is 0 Å². The summed E-state index contributed by atoms with van der Waals surface area (Å²) in [7, 11) is 0. The molecule has 0 spiro atoms. The zero-order valence-electron chi connectivity index (χ0n) is 17.5. The largest absolute Gasteiger partial charge is 0.435 e. The van der Waals surface area contributed by atoms with E-state index in [-0.39, 0.29) is 34.3 Å². The third-order valence-corrected chi connectivity index (χ3v) is 5.38. The maximum Gasteiger partial charge on any atom is 0.387 e. The van der Waals surface area contributed by atoms with E-state index in [1.165, 1.54) is 24.3 Å². The first-order valence-corrected chi connectivity index (χ1v) is 11.0. The molecule has 0 radical (unpaired) electrons. The molecule has 10 heteroatoms. The summed E-state index contributed by atoms with van der Waals surface area (Å²) in [5, 5.41) is 10.8. The van der Waals surface area contributed by atoms with Gasteiger partial charge in [0, 0.05) is 22.4 Å². The molecule has 4 aromatic rings. The number of nitrogens with one attached hydrogen (secondary N) is 1. The van der Waals surface area contributed by atoms with Crippen molar-refractivity contribution in [3.8, 4) is 17.2 Å². The van der Waals surface area contributed by atoms with Crippen LogP contribution in [0.4, 0.5) is 14.5 Å². The molecule has 0 fully saturated rings. The fourth-order valence-corrected chi connectivity index (χ4v) is 3.56. The Labute approximate surface area is 197 Å². The average Bonchev–Trinajstić information content (AvgIpc) is 3.33. The van der Waals surface area contributed by atoms with Gasteiger partial charge in [-0.3, -0.25) is 9.59 Å². The van der Waals surface area contributed by atoms with E-state index in [1.807, 2.05) is 6.07 Å². The SMILES string of the molecule is O=C(CSc1nnc(-c2ccc(OC(F)F)cc2)o1)c1ccc(NC(=O)c2ccccc2)cc1. The second-order valence-corrected chi connectivity index (χ2v) is 7.81. The van der Waals surface area contributed by atoms with E-state index >= 15 is 0 Å². The van der Waals surface area contributed by atoms with E-state index in [2.05, 4.69) is 20.3 Å². The number of rotatable bonds is 9. The van der Waals surface area contributed by atoms with Crippen LogP contribution in [0.5, 0.6) is 5.75 Å². The van der Waals surface area contributed by atoms with Crippen LogP contribution >= 0.6 is 11.8 Å². The van der Waals surface area contributed by atoms with Crippen molar-refractivity contribution in [2.24, 2.45) is 0 Å². The molecule has 1 heterocycles. The Morgan fingerprint density at radius 1 is 0.912 bits per heavy atom. The molecule has 0 bridgehead atoms. The van der Waals surface area contributed by atoms with Crippen molar-refractivity contribution in [1.29, 1.82) is 0 Å². The number of carbonyl (C=O) groups excluding carboxylic acids is 2. The number of Topliss-reactive ketones (excluding diaryl/α,β-unsaturated/α-hetero) is 1. The number of nitrogens with zero attached hydrogens (tertiary/aromatic N) is 2. The summed E-state index contributed by atoms with van der Waals surface area (Å²) >= 11 is 1.08. The quantitative estimate of drug-likeness (QED) is 0.247. The second kappa shape index (κ2) is 10.7. The maximum absolute atomic E-state index is 12.5. The first-order valence-electron chi connectivity index (χ1n) is 9.99. The summed E-state index contributed by atoms with van der Waals surface area (Å²) in [6.07, 6.45) is 0. The predicted octanol–water partition coefficient (Wildman–Crippen LogP) is 5.57. The normalized spacial score (nSPS) is 10.8. The molecule has 0 aliphatic carbocycles. The number of carbonyl (C=O) groups is 2. The molecule has 0 unspecified atom stereocenters. The summed E-state index contributed by atoms with van der Waals surface area (Å²) < 4.78 is 34.3. The minimum atomic E-state index is -2.90. The number of anilines is 1. The molecule has 0 aliphatic rings. The summed E-state index contributed by atoms with van der Waals surface area (Å²) in [5.74, 6) is -0.114. The van der Waals surface area contributed by atoms with E-state index < -0.39 is 6.61 Å². The number of halogens is 2. The topological polar surface area (TPSA) is 94.3 Å². The molecule has 3 aromatic carbocycles. The zero-order valence-corrected chi connectivity index (χ0v) is 18.3. The molecule has 1 amide bonds. The van der Waals surface area contributed by atoms with Gasteiger partial charge in [-0.1, -0.05) is 30.0 Å². The molecule has 0 saturated heterocycles. The minimum Gasteiger partial charge on any atom is -0.435 e. The Kier molecular flexibility index (Phi) is 7.28. The van der Waals surface area contributed by atoms with Crippen LogP contribution in [0.15, 0.2) is 88.5 Å². The van der Waals surface area contributed by atoms with Gasteiger partial charge in [-0.15, -0.1) is 10.2 Å². The van der Waals surface area contributed by atoms with Crippen LogP contribution in [0.3, 0.4) is 0 Å².